The minimum absolute atomic E-state index is 0.203. The average molecular weight is 579 g/mol. The Balaban J connectivity index is 1.14. The zero-order valence-electron chi connectivity index (χ0n) is 26.2. The van der Waals surface area contributed by atoms with Crippen molar-refractivity contribution in [3.8, 4) is 17.1 Å². The first-order valence-electron chi connectivity index (χ1n) is 17.0. The number of nitrogens with zero attached hydrogens (tertiary/aromatic N) is 2. The van der Waals surface area contributed by atoms with Crippen molar-refractivity contribution in [2.45, 2.75) is 135 Å². The molecule has 1 saturated carbocycles. The summed E-state index contributed by atoms with van der Waals surface area (Å²) in [5, 5.41) is 0. The highest BCUT2D eigenvalue weighted by atomic mass is 16.7. The van der Waals surface area contributed by atoms with E-state index in [0.717, 1.165) is 30.7 Å². The molecule has 232 valence electrons. The number of ether oxygens (including phenoxy) is 3. The maximum Gasteiger partial charge on any atom is 0.319 e. The molecule has 42 heavy (non-hydrogen) atoms. The van der Waals surface area contributed by atoms with E-state index in [0.29, 0.717) is 30.7 Å². The molecule has 0 unspecified atom stereocenters. The number of aromatic nitrogens is 2. The van der Waals surface area contributed by atoms with E-state index in [1.807, 2.05) is 24.5 Å². The molecule has 4 rings (SSSR count). The van der Waals surface area contributed by atoms with Gasteiger partial charge in [0.25, 0.3) is 0 Å². The largest absolute Gasteiger partial charge is 0.426 e. The quantitative estimate of drug-likeness (QED) is 0.106. The summed E-state index contributed by atoms with van der Waals surface area (Å²) in [5.74, 6) is 1.97. The Bertz CT molecular complexity index is 1010. The highest BCUT2D eigenvalue weighted by Gasteiger charge is 2.29. The van der Waals surface area contributed by atoms with Crippen molar-refractivity contribution in [3.63, 3.8) is 0 Å². The van der Waals surface area contributed by atoms with Crippen molar-refractivity contribution in [2.75, 3.05) is 13.2 Å². The number of benzene rings is 1. The topological polar surface area (TPSA) is 70.5 Å². The number of carbonyl (C=O) groups excluding carboxylic acids is 1. The van der Waals surface area contributed by atoms with E-state index >= 15 is 0 Å². The smallest absolute Gasteiger partial charge is 0.319 e. The Morgan fingerprint density at radius 1 is 0.762 bits per heavy atom. The second-order valence-corrected chi connectivity index (χ2v) is 12.6. The van der Waals surface area contributed by atoms with Gasteiger partial charge in [-0.25, -0.2) is 9.97 Å². The lowest BCUT2D eigenvalue weighted by molar-refractivity contribution is -0.208. The number of esters is 1. The van der Waals surface area contributed by atoms with Gasteiger partial charge < -0.3 is 14.2 Å². The monoisotopic (exact) mass is 578 g/mol. The van der Waals surface area contributed by atoms with Crippen LogP contribution in [0.2, 0.25) is 0 Å². The van der Waals surface area contributed by atoms with Crippen molar-refractivity contribution in [1.29, 1.82) is 0 Å². The zero-order chi connectivity index (χ0) is 29.4. The fraction of sp³-hybridized carbons (Fsp3) is 0.694. The van der Waals surface area contributed by atoms with Crippen LogP contribution in [-0.4, -0.2) is 35.4 Å². The third kappa shape index (κ3) is 10.8. The van der Waals surface area contributed by atoms with Crippen molar-refractivity contribution in [1.82, 2.24) is 9.97 Å². The van der Waals surface area contributed by atoms with Gasteiger partial charge in [-0.1, -0.05) is 84.5 Å². The SMILES string of the molecule is CCCCCCCCCC[C@H]1CC[C@H](c2cnc(-c3ccc(OC(=O)C4COC(CCCCC)OC4)cc3)nc2)CC1. The van der Waals surface area contributed by atoms with Gasteiger partial charge in [-0.3, -0.25) is 4.79 Å². The van der Waals surface area contributed by atoms with Crippen LogP contribution in [-0.2, 0) is 14.3 Å². The highest BCUT2D eigenvalue weighted by Crippen LogP contribution is 2.37. The van der Waals surface area contributed by atoms with Crippen molar-refractivity contribution >= 4 is 5.97 Å². The van der Waals surface area contributed by atoms with E-state index in [-0.39, 0.29) is 12.3 Å². The van der Waals surface area contributed by atoms with E-state index in [4.69, 9.17) is 14.2 Å². The van der Waals surface area contributed by atoms with E-state index < -0.39 is 5.92 Å². The lowest BCUT2D eigenvalue weighted by Gasteiger charge is -2.28. The van der Waals surface area contributed by atoms with Crippen LogP contribution in [0.4, 0.5) is 0 Å². The van der Waals surface area contributed by atoms with Gasteiger partial charge in [0.15, 0.2) is 12.1 Å². The first-order chi connectivity index (χ1) is 20.7. The molecule has 6 heteroatoms. The van der Waals surface area contributed by atoms with Crippen LogP contribution in [0.3, 0.4) is 0 Å². The van der Waals surface area contributed by atoms with E-state index in [1.54, 1.807) is 12.1 Å². The third-order valence-corrected chi connectivity index (χ3v) is 9.13. The predicted octanol–water partition coefficient (Wildman–Crippen LogP) is 9.42. The van der Waals surface area contributed by atoms with Gasteiger partial charge in [0.2, 0.25) is 0 Å². The molecule has 0 spiro atoms. The molecule has 2 heterocycles. The van der Waals surface area contributed by atoms with Crippen LogP contribution in [0.25, 0.3) is 11.4 Å². The molecule has 0 amide bonds. The molecule has 2 fully saturated rings. The molecule has 1 aliphatic heterocycles. The number of hydrogen-bond acceptors (Lipinski definition) is 6. The van der Waals surface area contributed by atoms with E-state index in [1.165, 1.54) is 95.5 Å². The molecule has 0 atom stereocenters. The summed E-state index contributed by atoms with van der Waals surface area (Å²) in [6.07, 6.45) is 25.9. The molecule has 6 nitrogen and oxygen atoms in total. The fourth-order valence-corrected chi connectivity index (χ4v) is 6.33. The highest BCUT2D eigenvalue weighted by molar-refractivity contribution is 5.75. The van der Waals surface area contributed by atoms with Gasteiger partial charge in [-0.2, -0.15) is 0 Å². The molecule has 1 aliphatic carbocycles. The molecule has 2 aliphatic rings. The summed E-state index contributed by atoms with van der Waals surface area (Å²) in [7, 11) is 0. The van der Waals surface area contributed by atoms with Crippen LogP contribution in [0, 0.1) is 11.8 Å². The van der Waals surface area contributed by atoms with Gasteiger partial charge in [0.05, 0.1) is 13.2 Å². The lowest BCUT2D eigenvalue weighted by Crippen LogP contribution is -2.38. The lowest BCUT2D eigenvalue weighted by atomic mass is 9.77. The summed E-state index contributed by atoms with van der Waals surface area (Å²) in [6, 6.07) is 7.42. The molecule has 1 saturated heterocycles. The minimum atomic E-state index is -0.400. The number of carbonyl (C=O) groups is 1. The summed E-state index contributed by atoms with van der Waals surface area (Å²) in [4.78, 5) is 22.0. The Kier molecular flexibility index (Phi) is 14.3. The van der Waals surface area contributed by atoms with Gasteiger partial charge in [0, 0.05) is 18.0 Å². The molecule has 0 N–H and O–H groups in total. The first-order valence-corrected chi connectivity index (χ1v) is 17.0. The Labute approximate surface area is 254 Å². The molecular weight excluding hydrogens is 524 g/mol. The second kappa shape index (κ2) is 18.4. The van der Waals surface area contributed by atoms with Crippen LogP contribution in [0.5, 0.6) is 5.75 Å². The Hall–Kier alpha value is -2.31. The molecule has 1 aromatic carbocycles. The van der Waals surface area contributed by atoms with Crippen molar-refractivity contribution in [2.24, 2.45) is 11.8 Å². The average Bonchev–Trinajstić information content (AvgIpc) is 3.03. The summed E-state index contributed by atoms with van der Waals surface area (Å²) >= 11 is 0. The van der Waals surface area contributed by atoms with Crippen LogP contribution < -0.4 is 4.74 Å². The van der Waals surface area contributed by atoms with Gasteiger partial charge in [-0.05, 0) is 80.2 Å². The minimum Gasteiger partial charge on any atom is -0.426 e. The van der Waals surface area contributed by atoms with Crippen LogP contribution in [0.1, 0.15) is 134 Å². The summed E-state index contributed by atoms with van der Waals surface area (Å²) in [5.41, 5.74) is 2.18. The van der Waals surface area contributed by atoms with Gasteiger partial charge >= 0.3 is 5.97 Å². The second-order valence-electron chi connectivity index (χ2n) is 12.6. The maximum absolute atomic E-state index is 12.6. The van der Waals surface area contributed by atoms with E-state index in [9.17, 15) is 4.79 Å². The van der Waals surface area contributed by atoms with Crippen LogP contribution >= 0.6 is 0 Å². The van der Waals surface area contributed by atoms with Crippen molar-refractivity contribution < 1.29 is 19.0 Å². The summed E-state index contributed by atoms with van der Waals surface area (Å²) < 4.78 is 17.1. The molecule has 0 bridgehead atoms. The van der Waals surface area contributed by atoms with Crippen LogP contribution in [0.15, 0.2) is 36.7 Å². The molecule has 0 radical (unpaired) electrons. The third-order valence-electron chi connectivity index (χ3n) is 9.13. The zero-order valence-corrected chi connectivity index (χ0v) is 26.2. The molecular formula is C36H54N2O4. The normalized spacial score (nSPS) is 22.6. The van der Waals surface area contributed by atoms with Gasteiger partial charge in [-0.15, -0.1) is 0 Å². The molecule has 2 aromatic rings. The Morgan fingerprint density at radius 3 is 1.98 bits per heavy atom. The standard InChI is InChI=1S/C36H54N2O4/c1-3-5-7-8-9-10-11-13-14-28-16-18-29(19-17-28)31-24-37-35(38-25-31)30-20-22-33(23-21-30)42-36(39)32-26-40-34(41-27-32)15-12-6-4-2/h20-25,28-29,32,34H,3-19,26-27H2,1-2H3/t28-,29-,32?,34?. The Morgan fingerprint density at radius 2 is 1.33 bits per heavy atom. The number of rotatable bonds is 17. The van der Waals surface area contributed by atoms with Gasteiger partial charge in [0.1, 0.15) is 11.7 Å². The summed E-state index contributed by atoms with van der Waals surface area (Å²) in [6.45, 7) is 5.14. The molecule has 1 aromatic heterocycles. The fourth-order valence-electron chi connectivity index (χ4n) is 6.33. The first kappa shape index (κ1) is 32.6. The predicted molar refractivity (Wildman–Crippen MR) is 168 cm³/mol. The van der Waals surface area contributed by atoms with E-state index in [2.05, 4.69) is 23.8 Å². The van der Waals surface area contributed by atoms with Crippen molar-refractivity contribution in [3.05, 3.63) is 42.2 Å². The number of unbranched alkanes of at least 4 members (excludes halogenated alkanes) is 9. The maximum atomic E-state index is 12.6. The number of hydrogen-bond donors (Lipinski definition) is 0.